The van der Waals surface area contributed by atoms with Crippen LogP contribution in [-0.4, -0.2) is 24.1 Å². The van der Waals surface area contributed by atoms with E-state index in [-0.39, 0.29) is 24.0 Å². The third-order valence-electron chi connectivity index (χ3n) is 3.62. The maximum absolute atomic E-state index is 5.67. The van der Waals surface area contributed by atoms with Gasteiger partial charge in [0, 0.05) is 6.54 Å². The summed E-state index contributed by atoms with van der Waals surface area (Å²) in [4.78, 5) is 8.99. The van der Waals surface area contributed by atoms with E-state index >= 15 is 0 Å². The molecule has 0 aliphatic carbocycles. The zero-order chi connectivity index (χ0) is 18.1. The monoisotopic (exact) mass is 472 g/mol. The highest BCUT2D eigenvalue weighted by atomic mass is 127. The number of aromatic nitrogens is 1. The maximum Gasteiger partial charge on any atom is 0.214 e. The van der Waals surface area contributed by atoms with E-state index in [4.69, 9.17) is 9.15 Å². The van der Waals surface area contributed by atoms with Crippen LogP contribution in [-0.2, 0) is 13.1 Å². The summed E-state index contributed by atoms with van der Waals surface area (Å²) in [5.41, 5.74) is 2.02. The van der Waals surface area contributed by atoms with Crippen molar-refractivity contribution in [1.82, 2.24) is 15.6 Å². The zero-order valence-electron chi connectivity index (χ0n) is 16.0. The average Bonchev–Trinajstić information content (AvgIpc) is 2.94. The largest absolute Gasteiger partial charge is 0.494 e. The Labute approximate surface area is 172 Å². The number of aliphatic imine (C=N–C) groups is 1. The molecule has 0 amide bonds. The molecule has 1 heterocycles. The van der Waals surface area contributed by atoms with Gasteiger partial charge in [0.25, 0.3) is 0 Å². The lowest BCUT2D eigenvalue weighted by Crippen LogP contribution is -2.36. The molecule has 0 radical (unpaired) electrons. The minimum Gasteiger partial charge on any atom is -0.494 e. The van der Waals surface area contributed by atoms with Crippen molar-refractivity contribution < 1.29 is 9.15 Å². The lowest BCUT2D eigenvalue weighted by Gasteiger charge is -2.10. The third kappa shape index (κ3) is 7.23. The summed E-state index contributed by atoms with van der Waals surface area (Å²) in [6, 6.07) is 8.05. The molecule has 2 aromatic rings. The Hall–Kier alpha value is -1.77. The van der Waals surface area contributed by atoms with Gasteiger partial charge in [-0.2, -0.15) is 0 Å². The number of benzene rings is 1. The van der Waals surface area contributed by atoms with E-state index in [2.05, 4.69) is 27.5 Å². The molecule has 0 saturated carbocycles. The van der Waals surface area contributed by atoms with E-state index in [9.17, 15) is 0 Å². The summed E-state index contributed by atoms with van der Waals surface area (Å²) in [5, 5.41) is 6.48. The molecule has 0 aliphatic heterocycles. The molecular formula is C19H29IN4O2. The predicted octanol–water partition coefficient (Wildman–Crippen LogP) is 3.95. The first-order chi connectivity index (χ1) is 12.1. The van der Waals surface area contributed by atoms with E-state index in [1.165, 1.54) is 0 Å². The average molecular weight is 472 g/mol. The molecule has 6 nitrogen and oxygen atoms in total. The molecule has 2 N–H and O–H groups in total. The van der Waals surface area contributed by atoms with Gasteiger partial charge < -0.3 is 19.8 Å². The maximum atomic E-state index is 5.67. The van der Waals surface area contributed by atoms with Gasteiger partial charge in [0.2, 0.25) is 5.89 Å². The van der Waals surface area contributed by atoms with E-state index < -0.39 is 0 Å². The van der Waals surface area contributed by atoms with Crippen LogP contribution in [0, 0.1) is 13.8 Å². The van der Waals surface area contributed by atoms with Crippen molar-refractivity contribution in [2.45, 2.75) is 47.2 Å². The number of guanidine groups is 1. The van der Waals surface area contributed by atoms with Crippen LogP contribution in [0.3, 0.4) is 0 Å². The molecule has 26 heavy (non-hydrogen) atoms. The van der Waals surface area contributed by atoms with Crippen LogP contribution < -0.4 is 15.4 Å². The molecule has 0 aliphatic rings. The number of hydrogen-bond acceptors (Lipinski definition) is 4. The fourth-order valence-corrected chi connectivity index (χ4v) is 2.24. The third-order valence-corrected chi connectivity index (χ3v) is 3.62. The second kappa shape index (κ2) is 11.8. The van der Waals surface area contributed by atoms with Crippen LogP contribution in [0.2, 0.25) is 0 Å². The Morgan fingerprint density at radius 1 is 1.23 bits per heavy atom. The van der Waals surface area contributed by atoms with Crippen molar-refractivity contribution in [3.05, 3.63) is 47.2 Å². The van der Waals surface area contributed by atoms with Gasteiger partial charge >= 0.3 is 0 Å². The summed E-state index contributed by atoms with van der Waals surface area (Å²) in [6.07, 6.45) is 0.997. The summed E-state index contributed by atoms with van der Waals surface area (Å²) < 4.78 is 11.3. The Balaban J connectivity index is 0.00000338. The lowest BCUT2D eigenvalue weighted by molar-refractivity contribution is 0.317. The minimum atomic E-state index is 0. The molecule has 0 unspecified atom stereocenters. The van der Waals surface area contributed by atoms with Crippen molar-refractivity contribution >= 4 is 29.9 Å². The van der Waals surface area contributed by atoms with E-state index in [0.717, 1.165) is 48.3 Å². The zero-order valence-corrected chi connectivity index (χ0v) is 18.3. The normalized spacial score (nSPS) is 11.0. The second-order valence-corrected chi connectivity index (χ2v) is 5.79. The van der Waals surface area contributed by atoms with Crippen LogP contribution in [0.1, 0.15) is 43.2 Å². The van der Waals surface area contributed by atoms with Crippen LogP contribution in [0.4, 0.5) is 0 Å². The van der Waals surface area contributed by atoms with Crippen LogP contribution in [0.15, 0.2) is 33.7 Å². The fraction of sp³-hybridized carbons (Fsp3) is 0.474. The van der Waals surface area contributed by atoms with Gasteiger partial charge in [-0.15, -0.1) is 24.0 Å². The molecule has 0 spiro atoms. The highest BCUT2D eigenvalue weighted by Gasteiger charge is 2.06. The van der Waals surface area contributed by atoms with Gasteiger partial charge in [0.1, 0.15) is 11.5 Å². The predicted molar refractivity (Wildman–Crippen MR) is 115 cm³/mol. The van der Waals surface area contributed by atoms with E-state index in [1.807, 2.05) is 45.0 Å². The highest BCUT2D eigenvalue weighted by molar-refractivity contribution is 14.0. The first-order valence-electron chi connectivity index (χ1n) is 8.79. The topological polar surface area (TPSA) is 71.7 Å². The van der Waals surface area contributed by atoms with Crippen molar-refractivity contribution in [2.24, 2.45) is 4.99 Å². The number of nitrogens with zero attached hydrogens (tertiary/aromatic N) is 2. The standard InChI is InChI=1S/C19H28N4O2.HI/c1-5-10-24-17-9-7-8-16(11-17)12-21-19(20-6-2)22-13-18-23-14(3)15(4)25-18;/h7-9,11H,5-6,10,12-13H2,1-4H3,(H2,20,21,22);1H. The van der Waals surface area contributed by atoms with Gasteiger partial charge in [-0.3, -0.25) is 0 Å². The molecule has 0 bridgehead atoms. The summed E-state index contributed by atoms with van der Waals surface area (Å²) in [6.45, 7) is 10.6. The van der Waals surface area contributed by atoms with Crippen molar-refractivity contribution in [3.63, 3.8) is 0 Å². The Kier molecular flexibility index (Phi) is 10.1. The number of aryl methyl sites for hydroxylation is 2. The highest BCUT2D eigenvalue weighted by Crippen LogP contribution is 2.14. The van der Waals surface area contributed by atoms with Crippen molar-refractivity contribution in [1.29, 1.82) is 0 Å². The van der Waals surface area contributed by atoms with Gasteiger partial charge in [0.05, 0.1) is 25.4 Å². The molecule has 0 saturated heterocycles. The Morgan fingerprint density at radius 3 is 2.69 bits per heavy atom. The van der Waals surface area contributed by atoms with Crippen molar-refractivity contribution in [3.8, 4) is 5.75 Å². The molecule has 0 atom stereocenters. The van der Waals surface area contributed by atoms with Gasteiger partial charge in [-0.25, -0.2) is 9.98 Å². The number of halogens is 1. The molecule has 2 rings (SSSR count). The smallest absolute Gasteiger partial charge is 0.214 e. The number of oxazole rings is 1. The first kappa shape index (κ1) is 22.3. The molecule has 0 fully saturated rings. The molecule has 1 aromatic heterocycles. The molecule has 1 aromatic carbocycles. The number of nitrogens with one attached hydrogen (secondary N) is 2. The second-order valence-electron chi connectivity index (χ2n) is 5.79. The van der Waals surface area contributed by atoms with Crippen molar-refractivity contribution in [2.75, 3.05) is 13.2 Å². The number of ether oxygens (including phenoxy) is 1. The Morgan fingerprint density at radius 2 is 2.04 bits per heavy atom. The summed E-state index contributed by atoms with van der Waals surface area (Å²) in [7, 11) is 0. The number of hydrogen-bond donors (Lipinski definition) is 2. The summed E-state index contributed by atoms with van der Waals surface area (Å²) in [5.74, 6) is 3.13. The van der Waals surface area contributed by atoms with Gasteiger partial charge in [0.15, 0.2) is 5.96 Å². The number of rotatable bonds is 8. The quantitative estimate of drug-likeness (QED) is 0.346. The van der Waals surface area contributed by atoms with Gasteiger partial charge in [-0.1, -0.05) is 19.1 Å². The molecule has 7 heteroatoms. The van der Waals surface area contributed by atoms with Gasteiger partial charge in [-0.05, 0) is 44.9 Å². The summed E-state index contributed by atoms with van der Waals surface area (Å²) >= 11 is 0. The van der Waals surface area contributed by atoms with E-state index in [1.54, 1.807) is 0 Å². The SMILES string of the molecule is CCCOc1cccc(CN=C(NCC)NCc2nc(C)c(C)o2)c1.I. The van der Waals surface area contributed by atoms with Crippen LogP contribution in [0.25, 0.3) is 0 Å². The van der Waals surface area contributed by atoms with Crippen LogP contribution in [0.5, 0.6) is 5.75 Å². The molecular weight excluding hydrogens is 443 g/mol. The molecule has 144 valence electrons. The lowest BCUT2D eigenvalue weighted by atomic mass is 10.2. The van der Waals surface area contributed by atoms with E-state index in [0.29, 0.717) is 19.0 Å². The minimum absolute atomic E-state index is 0. The fourth-order valence-electron chi connectivity index (χ4n) is 2.24. The first-order valence-corrected chi connectivity index (χ1v) is 8.79. The Bertz CT molecular complexity index is 681. The van der Waals surface area contributed by atoms with Crippen LogP contribution >= 0.6 is 24.0 Å².